The fourth-order valence-corrected chi connectivity index (χ4v) is 4.15. The molecule has 4 rings (SSSR count). The van der Waals surface area contributed by atoms with Crippen LogP contribution in [0.1, 0.15) is 16.8 Å². The lowest BCUT2D eigenvalue weighted by Gasteiger charge is -2.40. The van der Waals surface area contributed by atoms with Gasteiger partial charge in [-0.2, -0.15) is 5.10 Å². The second kappa shape index (κ2) is 8.13. The van der Waals surface area contributed by atoms with Gasteiger partial charge in [-0.25, -0.2) is 4.68 Å². The number of aliphatic hydroxyl groups excluding tert-OH is 1. The van der Waals surface area contributed by atoms with E-state index in [4.69, 9.17) is 17.3 Å². The van der Waals surface area contributed by atoms with E-state index in [1.807, 2.05) is 25.1 Å². The minimum atomic E-state index is -0.496. The van der Waals surface area contributed by atoms with E-state index in [0.717, 1.165) is 18.7 Å². The lowest BCUT2D eigenvalue weighted by atomic mass is 10.0. The summed E-state index contributed by atoms with van der Waals surface area (Å²) in [6.07, 6.45) is 5.18. The highest BCUT2D eigenvalue weighted by molar-refractivity contribution is 6.29. The van der Waals surface area contributed by atoms with Gasteiger partial charge in [0.15, 0.2) is 5.82 Å². The van der Waals surface area contributed by atoms with Crippen LogP contribution in [0.2, 0.25) is 0 Å². The summed E-state index contributed by atoms with van der Waals surface area (Å²) in [4.78, 5) is 21.3. The van der Waals surface area contributed by atoms with Crippen molar-refractivity contribution in [2.75, 3.05) is 48.5 Å². The van der Waals surface area contributed by atoms with Crippen molar-refractivity contribution in [1.82, 2.24) is 19.7 Å². The number of aromatic nitrogens is 3. The summed E-state index contributed by atoms with van der Waals surface area (Å²) in [7, 11) is 3.93. The van der Waals surface area contributed by atoms with E-state index in [-0.39, 0.29) is 17.4 Å². The monoisotopic (exact) mass is 432 g/mol. The zero-order chi connectivity index (χ0) is 21.4. The molecule has 2 aromatic heterocycles. The molecule has 0 radical (unpaired) electrons. The highest BCUT2D eigenvalue weighted by Crippen LogP contribution is 2.31. The van der Waals surface area contributed by atoms with Crippen molar-refractivity contribution in [3.63, 3.8) is 0 Å². The molecule has 5 N–H and O–H groups in total. The maximum Gasteiger partial charge on any atom is 0.263 e. The molecule has 1 amide bonds. The van der Waals surface area contributed by atoms with Crippen molar-refractivity contribution in [1.29, 1.82) is 0 Å². The number of fused-ring (bicyclic) bond motifs is 1. The largest absolute Gasteiger partial charge is 0.390 e. The van der Waals surface area contributed by atoms with Gasteiger partial charge in [-0.3, -0.25) is 9.78 Å². The summed E-state index contributed by atoms with van der Waals surface area (Å²) in [6, 6.07) is 1.93. The lowest BCUT2D eigenvalue weighted by Crippen LogP contribution is -2.52. The molecule has 0 aromatic carbocycles. The van der Waals surface area contributed by atoms with Crippen LogP contribution >= 0.6 is 11.6 Å². The van der Waals surface area contributed by atoms with E-state index in [0.29, 0.717) is 29.6 Å². The van der Waals surface area contributed by atoms with Crippen LogP contribution in [0, 0.1) is 0 Å². The van der Waals surface area contributed by atoms with Crippen LogP contribution in [0.25, 0.3) is 0 Å². The van der Waals surface area contributed by atoms with Gasteiger partial charge < -0.3 is 31.3 Å². The van der Waals surface area contributed by atoms with Crippen LogP contribution in [0.15, 0.2) is 29.7 Å². The molecule has 30 heavy (non-hydrogen) atoms. The number of halogens is 1. The number of carbonyl (C=O) groups excluding carboxylic acids is 1. The molecule has 11 heteroatoms. The summed E-state index contributed by atoms with van der Waals surface area (Å²) in [5.74, 6) is 0.204. The summed E-state index contributed by atoms with van der Waals surface area (Å²) in [5.41, 5.74) is 7.59. The average Bonchev–Trinajstić information content (AvgIpc) is 3.02. The molecule has 160 valence electrons. The fourth-order valence-electron chi connectivity index (χ4n) is 3.99. The maximum atomic E-state index is 13.0. The van der Waals surface area contributed by atoms with Crippen LogP contribution < -0.4 is 21.3 Å². The number of aliphatic hydroxyl groups is 1. The number of nitrogens with two attached hydrogens (primary N) is 1. The molecule has 1 saturated heterocycles. The van der Waals surface area contributed by atoms with E-state index in [2.05, 4.69) is 25.6 Å². The second-order valence-electron chi connectivity index (χ2n) is 7.68. The number of β-amino-alcohol motifs (C(OH)–C–C–N with tert-alkyl or cyclic N) is 1. The van der Waals surface area contributed by atoms with Crippen LogP contribution in [0.3, 0.4) is 0 Å². The van der Waals surface area contributed by atoms with Crippen LogP contribution in [-0.2, 0) is 6.54 Å². The Balaban J connectivity index is 1.56. The van der Waals surface area contributed by atoms with Gasteiger partial charge in [0.2, 0.25) is 0 Å². The molecular formula is C19H25ClN8O2. The third-order valence-electron chi connectivity index (χ3n) is 5.47. The molecule has 4 heterocycles. The van der Waals surface area contributed by atoms with Crippen molar-refractivity contribution in [2.45, 2.75) is 25.1 Å². The molecule has 2 aliphatic heterocycles. The van der Waals surface area contributed by atoms with Crippen molar-refractivity contribution < 1.29 is 9.90 Å². The van der Waals surface area contributed by atoms with Gasteiger partial charge in [0, 0.05) is 31.5 Å². The maximum absolute atomic E-state index is 13.0. The molecule has 0 bridgehead atoms. The minimum absolute atomic E-state index is 0.103. The molecule has 10 nitrogen and oxygen atoms in total. The molecule has 0 saturated carbocycles. The number of nitrogens with zero attached hydrogens (tertiary/aromatic N) is 5. The molecule has 0 spiro atoms. The number of piperidine rings is 1. The average molecular weight is 433 g/mol. The summed E-state index contributed by atoms with van der Waals surface area (Å²) < 4.78 is 1.55. The Labute approximate surface area is 179 Å². The standard InChI is InChI=1S/C19H25ClN8O2/c1-26(2)14-4-6-27(10-15(14)29)13-3-5-22-8-12(13)24-19(30)16-17(21)25-28-9-11(20)7-23-18(16)28/h3,5,7-8,14-15,23,29H,4,6,9-10H2,1-2H3,(H2,21,25)(H,24,30)/t14-,15-/m0/s1. The fraction of sp³-hybridized carbons (Fsp3) is 0.421. The number of likely N-dealkylation sites (N-methyl/N-ethyl adjacent to an activating group) is 1. The van der Waals surface area contributed by atoms with E-state index < -0.39 is 12.0 Å². The van der Waals surface area contributed by atoms with E-state index in [1.165, 1.54) is 0 Å². The Kier molecular flexibility index (Phi) is 5.54. The topological polar surface area (TPSA) is 125 Å². The quantitative estimate of drug-likeness (QED) is 0.566. The molecule has 2 atom stereocenters. The van der Waals surface area contributed by atoms with Gasteiger partial charge in [0.05, 0.1) is 35.3 Å². The molecule has 0 unspecified atom stereocenters. The molecule has 2 aliphatic rings. The highest BCUT2D eigenvalue weighted by atomic mass is 35.5. The minimum Gasteiger partial charge on any atom is -0.390 e. The predicted octanol–water partition coefficient (Wildman–Crippen LogP) is 1.12. The number of allylic oxidation sites excluding steroid dienone is 1. The van der Waals surface area contributed by atoms with Crippen LogP contribution in [0.5, 0.6) is 0 Å². The van der Waals surface area contributed by atoms with Crippen molar-refractivity contribution >= 4 is 40.5 Å². The highest BCUT2D eigenvalue weighted by Gasteiger charge is 2.31. The predicted molar refractivity (Wildman–Crippen MR) is 117 cm³/mol. The number of hydrogen-bond donors (Lipinski definition) is 4. The molecular weight excluding hydrogens is 408 g/mol. The van der Waals surface area contributed by atoms with E-state index >= 15 is 0 Å². The number of hydrogen-bond acceptors (Lipinski definition) is 8. The number of pyridine rings is 1. The van der Waals surface area contributed by atoms with Gasteiger partial charge in [-0.1, -0.05) is 11.6 Å². The first kappa shape index (κ1) is 20.5. The summed E-state index contributed by atoms with van der Waals surface area (Å²) in [5, 5.41) is 21.2. The van der Waals surface area contributed by atoms with Gasteiger partial charge >= 0.3 is 0 Å². The SMILES string of the molecule is CN(C)[C@H]1CCN(c2ccncc2NC(=O)c2c(N)nn3c2NC=C(Cl)C3)C[C@@H]1O. The number of anilines is 4. The lowest BCUT2D eigenvalue weighted by molar-refractivity contribution is 0.0631. The third-order valence-corrected chi connectivity index (χ3v) is 5.70. The zero-order valence-electron chi connectivity index (χ0n) is 16.8. The second-order valence-corrected chi connectivity index (χ2v) is 8.17. The Morgan fingerprint density at radius 1 is 1.47 bits per heavy atom. The Hall–Kier alpha value is -2.82. The first-order valence-corrected chi connectivity index (χ1v) is 10.0. The van der Waals surface area contributed by atoms with Gasteiger partial charge in [-0.05, 0) is 26.6 Å². The zero-order valence-corrected chi connectivity index (χ0v) is 17.6. The van der Waals surface area contributed by atoms with Crippen molar-refractivity contribution in [3.8, 4) is 0 Å². The van der Waals surface area contributed by atoms with Gasteiger partial charge in [-0.15, -0.1) is 0 Å². The third kappa shape index (κ3) is 3.81. The smallest absolute Gasteiger partial charge is 0.263 e. The van der Waals surface area contributed by atoms with E-state index in [9.17, 15) is 9.90 Å². The van der Waals surface area contributed by atoms with Gasteiger partial charge in [0.25, 0.3) is 5.91 Å². The molecule has 2 aromatic rings. The Bertz CT molecular complexity index is 989. The number of rotatable bonds is 4. The number of amides is 1. The normalized spacial score (nSPS) is 21.1. The first-order chi connectivity index (χ1) is 14.3. The first-order valence-electron chi connectivity index (χ1n) is 9.67. The van der Waals surface area contributed by atoms with Crippen molar-refractivity contribution in [3.05, 3.63) is 35.3 Å². The van der Waals surface area contributed by atoms with Crippen LogP contribution in [0.4, 0.5) is 23.0 Å². The summed E-state index contributed by atoms with van der Waals surface area (Å²) >= 11 is 6.02. The summed E-state index contributed by atoms with van der Waals surface area (Å²) in [6.45, 7) is 1.56. The Morgan fingerprint density at radius 2 is 2.27 bits per heavy atom. The number of nitrogen functional groups attached to an aromatic ring is 1. The van der Waals surface area contributed by atoms with Crippen LogP contribution in [-0.4, -0.2) is 70.0 Å². The van der Waals surface area contributed by atoms with Crippen molar-refractivity contribution in [2.24, 2.45) is 0 Å². The molecule has 0 aliphatic carbocycles. The number of carbonyl (C=O) groups is 1. The van der Waals surface area contributed by atoms with Gasteiger partial charge in [0.1, 0.15) is 11.4 Å². The Morgan fingerprint density at radius 3 is 3.00 bits per heavy atom. The molecule has 1 fully saturated rings. The number of nitrogens with one attached hydrogen (secondary N) is 2. The van der Waals surface area contributed by atoms with E-state index in [1.54, 1.807) is 23.3 Å².